The van der Waals surface area contributed by atoms with Gasteiger partial charge < -0.3 is 4.74 Å². The van der Waals surface area contributed by atoms with Crippen molar-refractivity contribution in [2.75, 3.05) is 11.3 Å². The highest BCUT2D eigenvalue weighted by molar-refractivity contribution is 7.92. The van der Waals surface area contributed by atoms with Crippen LogP contribution in [0.2, 0.25) is 0 Å². The molecule has 0 aliphatic heterocycles. The molecule has 0 spiro atoms. The maximum atomic E-state index is 12.4. The van der Waals surface area contributed by atoms with Crippen LogP contribution in [0.25, 0.3) is 0 Å². The minimum Gasteiger partial charge on any atom is -0.494 e. The van der Waals surface area contributed by atoms with Gasteiger partial charge in [0.2, 0.25) is 0 Å². The number of sulfonamides is 1. The zero-order chi connectivity index (χ0) is 19.0. The average molecular weight is 378 g/mol. The van der Waals surface area contributed by atoms with Gasteiger partial charge in [0.25, 0.3) is 15.7 Å². The Balaban J connectivity index is 2.02. The van der Waals surface area contributed by atoms with E-state index in [0.717, 1.165) is 31.4 Å². The van der Waals surface area contributed by atoms with Gasteiger partial charge in [-0.2, -0.15) is 0 Å². The largest absolute Gasteiger partial charge is 0.494 e. The molecule has 1 N–H and O–H groups in total. The van der Waals surface area contributed by atoms with Gasteiger partial charge in [0.1, 0.15) is 5.75 Å². The molecule has 0 aliphatic rings. The van der Waals surface area contributed by atoms with Crippen molar-refractivity contribution in [1.82, 2.24) is 0 Å². The number of nitro benzene ring substituents is 1. The van der Waals surface area contributed by atoms with Crippen LogP contribution in [0.15, 0.2) is 53.4 Å². The van der Waals surface area contributed by atoms with E-state index >= 15 is 0 Å². The van der Waals surface area contributed by atoms with Crippen molar-refractivity contribution in [3.8, 4) is 5.75 Å². The molecule has 2 aromatic carbocycles. The van der Waals surface area contributed by atoms with Gasteiger partial charge in [0, 0.05) is 18.2 Å². The molecule has 140 valence electrons. The molecule has 26 heavy (non-hydrogen) atoms. The molecule has 0 unspecified atom stereocenters. The predicted molar refractivity (Wildman–Crippen MR) is 100.0 cm³/mol. The molecule has 2 aromatic rings. The first-order valence-corrected chi connectivity index (χ1v) is 9.91. The van der Waals surface area contributed by atoms with Gasteiger partial charge in [-0.15, -0.1) is 0 Å². The highest BCUT2D eigenvalue weighted by atomic mass is 32.2. The maximum Gasteiger partial charge on any atom is 0.269 e. The minimum atomic E-state index is -3.83. The number of nitrogens with one attached hydrogen (secondary N) is 1. The van der Waals surface area contributed by atoms with Crippen molar-refractivity contribution in [3.63, 3.8) is 0 Å². The summed E-state index contributed by atoms with van der Waals surface area (Å²) in [6, 6.07) is 11.4. The summed E-state index contributed by atoms with van der Waals surface area (Å²) in [5.74, 6) is 0.588. The number of hydrogen-bond acceptors (Lipinski definition) is 5. The van der Waals surface area contributed by atoms with E-state index in [-0.39, 0.29) is 10.6 Å². The number of non-ortho nitro benzene ring substituents is 1. The number of nitro groups is 1. The van der Waals surface area contributed by atoms with Crippen molar-refractivity contribution >= 4 is 21.4 Å². The van der Waals surface area contributed by atoms with Crippen LogP contribution in [-0.2, 0) is 10.0 Å². The number of hydrogen-bond donors (Lipinski definition) is 1. The van der Waals surface area contributed by atoms with Crippen molar-refractivity contribution in [2.24, 2.45) is 0 Å². The molecule has 8 heteroatoms. The fourth-order valence-electron chi connectivity index (χ4n) is 2.33. The monoisotopic (exact) mass is 378 g/mol. The lowest BCUT2D eigenvalue weighted by molar-refractivity contribution is -0.384. The average Bonchev–Trinajstić information content (AvgIpc) is 2.61. The van der Waals surface area contributed by atoms with E-state index in [1.54, 1.807) is 24.3 Å². The van der Waals surface area contributed by atoms with Gasteiger partial charge >= 0.3 is 0 Å². The van der Waals surface area contributed by atoms with E-state index in [2.05, 4.69) is 11.6 Å². The first kappa shape index (κ1) is 19.7. The van der Waals surface area contributed by atoms with Crippen LogP contribution in [0.5, 0.6) is 5.75 Å². The van der Waals surface area contributed by atoms with E-state index in [9.17, 15) is 18.5 Å². The van der Waals surface area contributed by atoms with E-state index in [0.29, 0.717) is 18.0 Å². The minimum absolute atomic E-state index is 0.0472. The SMILES string of the molecule is CCCCCCOc1cccc(NS(=O)(=O)c2ccc([N+](=O)[O-])cc2)c1. The zero-order valence-electron chi connectivity index (χ0n) is 14.6. The third-order valence-corrected chi connectivity index (χ3v) is 5.11. The van der Waals surface area contributed by atoms with Gasteiger partial charge in [-0.05, 0) is 30.7 Å². The Bertz CT molecular complexity index is 835. The Kier molecular flexibility index (Phi) is 6.97. The summed E-state index contributed by atoms with van der Waals surface area (Å²) >= 11 is 0. The number of rotatable bonds is 10. The topological polar surface area (TPSA) is 98.5 Å². The normalized spacial score (nSPS) is 11.1. The molecule has 0 saturated heterocycles. The number of ether oxygens (including phenoxy) is 1. The van der Waals surface area contributed by atoms with E-state index in [4.69, 9.17) is 4.74 Å². The highest BCUT2D eigenvalue weighted by Gasteiger charge is 2.16. The fraction of sp³-hybridized carbons (Fsp3) is 0.333. The maximum absolute atomic E-state index is 12.4. The summed E-state index contributed by atoms with van der Waals surface area (Å²) in [6.07, 6.45) is 4.37. The molecule has 0 atom stereocenters. The summed E-state index contributed by atoms with van der Waals surface area (Å²) in [5, 5.41) is 10.7. The fourth-order valence-corrected chi connectivity index (χ4v) is 3.38. The molecule has 0 amide bonds. The van der Waals surface area contributed by atoms with Crippen LogP contribution in [0.4, 0.5) is 11.4 Å². The zero-order valence-corrected chi connectivity index (χ0v) is 15.4. The molecule has 7 nitrogen and oxygen atoms in total. The summed E-state index contributed by atoms with van der Waals surface area (Å²) < 4.78 is 32.9. The van der Waals surface area contributed by atoms with E-state index < -0.39 is 14.9 Å². The number of nitrogens with zero attached hydrogens (tertiary/aromatic N) is 1. The Hall–Kier alpha value is -2.61. The van der Waals surface area contributed by atoms with Crippen molar-refractivity contribution in [3.05, 3.63) is 58.6 Å². The lowest BCUT2D eigenvalue weighted by Crippen LogP contribution is -2.13. The van der Waals surface area contributed by atoms with Crippen LogP contribution in [0.3, 0.4) is 0 Å². The Labute approximate surface area is 153 Å². The summed E-state index contributed by atoms with van der Waals surface area (Å²) in [5.41, 5.74) is 0.205. The van der Waals surface area contributed by atoms with Crippen molar-refractivity contribution in [2.45, 2.75) is 37.5 Å². The standard InChI is InChI=1S/C18H22N2O5S/c1-2-3-4-5-13-25-17-8-6-7-15(14-17)19-26(23,24)18-11-9-16(10-12-18)20(21)22/h6-12,14,19H,2-5,13H2,1H3. The summed E-state index contributed by atoms with van der Waals surface area (Å²) in [6.45, 7) is 2.72. The number of benzene rings is 2. The Morgan fingerprint density at radius 2 is 1.81 bits per heavy atom. The summed E-state index contributed by atoms with van der Waals surface area (Å²) in [4.78, 5) is 10.0. The van der Waals surface area contributed by atoms with Crippen LogP contribution in [0.1, 0.15) is 32.6 Å². The van der Waals surface area contributed by atoms with E-state index in [1.807, 2.05) is 0 Å². The highest BCUT2D eigenvalue weighted by Crippen LogP contribution is 2.22. The van der Waals surface area contributed by atoms with E-state index in [1.165, 1.54) is 18.6 Å². The van der Waals surface area contributed by atoms with Crippen LogP contribution < -0.4 is 9.46 Å². The van der Waals surface area contributed by atoms with Gasteiger partial charge in [-0.1, -0.05) is 32.3 Å². The van der Waals surface area contributed by atoms with Gasteiger partial charge in [0.15, 0.2) is 0 Å². The second-order valence-corrected chi connectivity index (χ2v) is 7.48. The molecule has 0 fully saturated rings. The first-order valence-electron chi connectivity index (χ1n) is 8.42. The van der Waals surface area contributed by atoms with Crippen molar-refractivity contribution < 1.29 is 18.1 Å². The molecule has 0 radical (unpaired) electrons. The smallest absolute Gasteiger partial charge is 0.269 e. The van der Waals surface area contributed by atoms with Crippen LogP contribution >= 0.6 is 0 Å². The van der Waals surface area contributed by atoms with Crippen molar-refractivity contribution in [1.29, 1.82) is 0 Å². The number of unbranched alkanes of at least 4 members (excludes halogenated alkanes) is 3. The molecule has 0 saturated carbocycles. The van der Waals surface area contributed by atoms with Crippen LogP contribution in [-0.4, -0.2) is 19.9 Å². The Morgan fingerprint density at radius 1 is 1.08 bits per heavy atom. The molecular weight excluding hydrogens is 356 g/mol. The van der Waals surface area contributed by atoms with Gasteiger partial charge in [-0.25, -0.2) is 8.42 Å². The summed E-state index contributed by atoms with van der Waals surface area (Å²) in [7, 11) is -3.83. The van der Waals surface area contributed by atoms with Gasteiger partial charge in [-0.3, -0.25) is 14.8 Å². The molecule has 0 aromatic heterocycles. The second-order valence-electron chi connectivity index (χ2n) is 5.79. The number of anilines is 1. The lowest BCUT2D eigenvalue weighted by atomic mass is 10.2. The molecule has 2 rings (SSSR count). The Morgan fingerprint density at radius 3 is 2.46 bits per heavy atom. The lowest BCUT2D eigenvalue weighted by Gasteiger charge is -2.10. The quantitative estimate of drug-likeness (QED) is 0.376. The molecule has 0 aliphatic carbocycles. The third kappa shape index (κ3) is 5.73. The second kappa shape index (κ2) is 9.19. The molecular formula is C18H22N2O5S. The van der Waals surface area contributed by atoms with Crippen LogP contribution in [0, 0.1) is 10.1 Å². The first-order chi connectivity index (χ1) is 12.4. The molecule has 0 heterocycles. The predicted octanol–water partition coefficient (Wildman–Crippen LogP) is 4.35. The third-order valence-electron chi connectivity index (χ3n) is 3.71. The molecule has 0 bridgehead atoms. The van der Waals surface area contributed by atoms with Gasteiger partial charge in [0.05, 0.1) is 22.1 Å².